The quantitative estimate of drug-likeness (QED) is 0.929. The van der Waals surface area contributed by atoms with Gasteiger partial charge in [0.25, 0.3) is 0 Å². The van der Waals surface area contributed by atoms with Crippen LogP contribution in [0.5, 0.6) is 0 Å². The fourth-order valence-corrected chi connectivity index (χ4v) is 2.62. The predicted octanol–water partition coefficient (Wildman–Crippen LogP) is 3.77. The van der Waals surface area contributed by atoms with Crippen molar-refractivity contribution in [3.05, 3.63) is 33.2 Å². The molecular formula is C13H16BrN3S. The Labute approximate surface area is 120 Å². The predicted molar refractivity (Wildman–Crippen MR) is 79.8 cm³/mol. The van der Waals surface area contributed by atoms with E-state index in [-0.39, 0.29) is 0 Å². The van der Waals surface area contributed by atoms with Crippen molar-refractivity contribution in [3.63, 3.8) is 0 Å². The van der Waals surface area contributed by atoms with Crippen LogP contribution < -0.4 is 5.32 Å². The van der Waals surface area contributed by atoms with Gasteiger partial charge in [-0.25, -0.2) is 0 Å². The Hall–Kier alpha value is -0.780. The number of aryl methyl sites for hydroxylation is 1. The van der Waals surface area contributed by atoms with Crippen LogP contribution in [0.4, 0.5) is 0 Å². The third-order valence-electron chi connectivity index (χ3n) is 2.55. The van der Waals surface area contributed by atoms with Crippen LogP contribution in [-0.4, -0.2) is 16.2 Å². The first kappa shape index (κ1) is 13.6. The highest BCUT2D eigenvalue weighted by atomic mass is 79.9. The first-order valence-electron chi connectivity index (χ1n) is 5.88. The molecule has 0 bridgehead atoms. The number of hydrogen-bond acceptors (Lipinski definition) is 4. The molecule has 0 saturated heterocycles. The molecule has 1 heterocycles. The Bertz CT molecular complexity index is 537. The van der Waals surface area contributed by atoms with E-state index in [1.807, 2.05) is 0 Å². The van der Waals surface area contributed by atoms with Gasteiger partial charge >= 0.3 is 0 Å². The van der Waals surface area contributed by atoms with Gasteiger partial charge < -0.3 is 5.32 Å². The number of aromatic nitrogens is 2. The molecule has 1 aromatic heterocycles. The second kappa shape index (κ2) is 5.91. The van der Waals surface area contributed by atoms with Gasteiger partial charge in [0.2, 0.25) is 0 Å². The molecule has 96 valence electrons. The van der Waals surface area contributed by atoms with E-state index < -0.39 is 0 Å². The minimum Gasteiger partial charge on any atom is -0.308 e. The first-order valence-corrected chi connectivity index (χ1v) is 7.49. The molecule has 0 fully saturated rings. The van der Waals surface area contributed by atoms with Crippen LogP contribution in [0.1, 0.15) is 24.4 Å². The van der Waals surface area contributed by atoms with Gasteiger partial charge in [-0.2, -0.15) is 0 Å². The Balaban J connectivity index is 2.16. The van der Waals surface area contributed by atoms with Crippen molar-refractivity contribution >= 4 is 27.3 Å². The van der Waals surface area contributed by atoms with Gasteiger partial charge in [0.15, 0.2) is 0 Å². The van der Waals surface area contributed by atoms with Crippen molar-refractivity contribution in [2.24, 2.45) is 0 Å². The van der Waals surface area contributed by atoms with Gasteiger partial charge in [0.1, 0.15) is 10.0 Å². The molecule has 0 unspecified atom stereocenters. The summed E-state index contributed by atoms with van der Waals surface area (Å²) in [7, 11) is 0. The summed E-state index contributed by atoms with van der Waals surface area (Å²) < 4.78 is 1.11. The minimum absolute atomic E-state index is 0.464. The molecule has 0 saturated carbocycles. The van der Waals surface area contributed by atoms with Crippen LogP contribution in [0.2, 0.25) is 0 Å². The summed E-state index contributed by atoms with van der Waals surface area (Å²) in [4.78, 5) is 0. The number of halogens is 1. The van der Waals surface area contributed by atoms with Crippen molar-refractivity contribution in [2.75, 3.05) is 0 Å². The Morgan fingerprint density at radius 2 is 2.11 bits per heavy atom. The fourth-order valence-electron chi connectivity index (χ4n) is 1.46. The lowest BCUT2D eigenvalue weighted by Gasteiger charge is -2.03. The van der Waals surface area contributed by atoms with E-state index in [0.717, 1.165) is 26.6 Å². The molecule has 0 aliphatic carbocycles. The van der Waals surface area contributed by atoms with Crippen LogP contribution >= 0.6 is 27.3 Å². The smallest absolute Gasteiger partial charge is 0.147 e. The third-order valence-corrected chi connectivity index (χ3v) is 4.37. The summed E-state index contributed by atoms with van der Waals surface area (Å²) in [5, 5.41) is 13.8. The van der Waals surface area contributed by atoms with Crippen molar-refractivity contribution in [1.29, 1.82) is 0 Å². The van der Waals surface area contributed by atoms with Gasteiger partial charge in [-0.3, -0.25) is 0 Å². The van der Waals surface area contributed by atoms with Crippen molar-refractivity contribution in [1.82, 2.24) is 15.5 Å². The van der Waals surface area contributed by atoms with E-state index in [1.165, 1.54) is 5.56 Å². The highest BCUT2D eigenvalue weighted by Gasteiger charge is 2.08. The molecule has 5 heteroatoms. The lowest BCUT2D eigenvalue weighted by atomic mass is 10.2. The van der Waals surface area contributed by atoms with Crippen molar-refractivity contribution < 1.29 is 0 Å². The van der Waals surface area contributed by atoms with Crippen molar-refractivity contribution in [2.45, 2.75) is 33.4 Å². The van der Waals surface area contributed by atoms with Gasteiger partial charge in [-0.1, -0.05) is 53.2 Å². The monoisotopic (exact) mass is 325 g/mol. The fraction of sp³-hybridized carbons (Fsp3) is 0.385. The Morgan fingerprint density at radius 3 is 2.78 bits per heavy atom. The van der Waals surface area contributed by atoms with Gasteiger partial charge in [0.05, 0.1) is 0 Å². The third kappa shape index (κ3) is 3.37. The molecule has 2 rings (SSSR count). The molecule has 0 amide bonds. The van der Waals surface area contributed by atoms with E-state index in [0.29, 0.717) is 6.04 Å². The van der Waals surface area contributed by atoms with E-state index >= 15 is 0 Å². The molecule has 2 aromatic rings. The largest absolute Gasteiger partial charge is 0.308 e. The maximum atomic E-state index is 4.24. The van der Waals surface area contributed by atoms with E-state index in [4.69, 9.17) is 0 Å². The Kier molecular flexibility index (Phi) is 4.48. The molecule has 0 atom stereocenters. The average Bonchev–Trinajstić information content (AvgIpc) is 2.79. The summed E-state index contributed by atoms with van der Waals surface area (Å²) in [6, 6.07) is 6.73. The topological polar surface area (TPSA) is 37.8 Å². The maximum absolute atomic E-state index is 4.24. The molecular weight excluding hydrogens is 310 g/mol. The average molecular weight is 326 g/mol. The van der Waals surface area contributed by atoms with Crippen LogP contribution in [0, 0.1) is 6.92 Å². The van der Waals surface area contributed by atoms with Crippen LogP contribution in [0.3, 0.4) is 0 Å². The number of benzene rings is 1. The Morgan fingerprint density at radius 1 is 1.33 bits per heavy atom. The number of nitrogens with zero attached hydrogens (tertiary/aromatic N) is 2. The van der Waals surface area contributed by atoms with Crippen LogP contribution in [0.25, 0.3) is 10.6 Å². The standard InChI is InChI=1S/C13H16BrN3S/c1-8(2)15-7-12-16-17-13(18-12)10-5-4-9(3)11(14)6-10/h4-6,8,15H,7H2,1-3H3. The molecule has 0 radical (unpaired) electrons. The highest BCUT2D eigenvalue weighted by Crippen LogP contribution is 2.27. The molecule has 3 nitrogen and oxygen atoms in total. The maximum Gasteiger partial charge on any atom is 0.147 e. The molecule has 0 aliphatic rings. The first-order chi connectivity index (χ1) is 8.56. The molecule has 0 aliphatic heterocycles. The molecule has 0 spiro atoms. The lowest BCUT2D eigenvalue weighted by molar-refractivity contribution is 0.585. The van der Waals surface area contributed by atoms with Crippen molar-refractivity contribution in [3.8, 4) is 10.6 Å². The summed E-state index contributed by atoms with van der Waals surface area (Å²) in [5.41, 5.74) is 2.34. The van der Waals surface area contributed by atoms with Crippen LogP contribution in [-0.2, 0) is 6.54 Å². The van der Waals surface area contributed by atoms with E-state index in [9.17, 15) is 0 Å². The van der Waals surface area contributed by atoms with Gasteiger partial charge in [0, 0.05) is 22.6 Å². The zero-order valence-corrected chi connectivity index (χ0v) is 13.1. The normalized spacial score (nSPS) is 11.2. The van der Waals surface area contributed by atoms with E-state index in [2.05, 4.69) is 70.4 Å². The number of nitrogens with one attached hydrogen (secondary N) is 1. The van der Waals surface area contributed by atoms with Gasteiger partial charge in [-0.15, -0.1) is 10.2 Å². The van der Waals surface area contributed by atoms with Crippen LogP contribution in [0.15, 0.2) is 22.7 Å². The number of rotatable bonds is 4. The molecule has 1 aromatic carbocycles. The zero-order chi connectivity index (χ0) is 13.1. The highest BCUT2D eigenvalue weighted by molar-refractivity contribution is 9.10. The summed E-state index contributed by atoms with van der Waals surface area (Å²) in [5.74, 6) is 0. The second-order valence-electron chi connectivity index (χ2n) is 4.50. The van der Waals surface area contributed by atoms with E-state index in [1.54, 1.807) is 11.3 Å². The van der Waals surface area contributed by atoms with Gasteiger partial charge in [-0.05, 0) is 18.6 Å². The summed E-state index contributed by atoms with van der Waals surface area (Å²) >= 11 is 5.18. The summed E-state index contributed by atoms with van der Waals surface area (Å²) in [6.07, 6.45) is 0. The molecule has 18 heavy (non-hydrogen) atoms. The summed E-state index contributed by atoms with van der Waals surface area (Å²) in [6.45, 7) is 7.10. The minimum atomic E-state index is 0.464. The molecule has 1 N–H and O–H groups in total. The second-order valence-corrected chi connectivity index (χ2v) is 6.42. The SMILES string of the molecule is Cc1ccc(-c2nnc(CNC(C)C)s2)cc1Br. The number of hydrogen-bond donors (Lipinski definition) is 1. The zero-order valence-electron chi connectivity index (χ0n) is 10.7. The lowest BCUT2D eigenvalue weighted by Crippen LogP contribution is -2.21.